The number of thiazole rings is 1. The van der Waals surface area contributed by atoms with Crippen LogP contribution in [0.3, 0.4) is 0 Å². The molecule has 0 aliphatic heterocycles. The lowest BCUT2D eigenvalue weighted by Gasteiger charge is -2.17. The summed E-state index contributed by atoms with van der Waals surface area (Å²) in [5.74, 6) is -0.106. The number of carbonyl (C=O) groups is 1. The van der Waals surface area contributed by atoms with Gasteiger partial charge in [-0.3, -0.25) is 4.79 Å². The van der Waals surface area contributed by atoms with Crippen LogP contribution in [0.25, 0.3) is 0 Å². The smallest absolute Gasteiger partial charge is 0.273 e. The number of likely N-dealkylation sites (N-methyl/N-ethyl adjacent to an activating group) is 1. The van der Waals surface area contributed by atoms with Gasteiger partial charge < -0.3 is 10.0 Å². The maximum atomic E-state index is 11.7. The number of hydrogen-bond donors (Lipinski definition) is 1. The van der Waals surface area contributed by atoms with Crippen LogP contribution in [0.4, 0.5) is 0 Å². The zero-order valence-electron chi connectivity index (χ0n) is 8.36. The second-order valence-corrected chi connectivity index (χ2v) is 3.92. The van der Waals surface area contributed by atoms with Gasteiger partial charge in [0.1, 0.15) is 5.69 Å². The topological polar surface area (TPSA) is 53.4 Å². The molecule has 1 N–H and O–H groups in total. The van der Waals surface area contributed by atoms with Crippen molar-refractivity contribution in [2.45, 2.75) is 13.8 Å². The average Bonchev–Trinajstić information content (AvgIpc) is 2.60. The maximum absolute atomic E-state index is 11.7. The van der Waals surface area contributed by atoms with E-state index in [1.54, 1.807) is 10.3 Å². The number of aryl methyl sites for hydroxylation is 1. The summed E-state index contributed by atoms with van der Waals surface area (Å²) in [6, 6.07) is 0. The van der Waals surface area contributed by atoms with Crippen LogP contribution in [0.15, 0.2) is 5.38 Å². The Morgan fingerprint density at radius 3 is 2.86 bits per heavy atom. The lowest BCUT2D eigenvalue weighted by molar-refractivity contribution is 0.0727. The zero-order chi connectivity index (χ0) is 10.6. The van der Waals surface area contributed by atoms with Crippen LogP contribution in [0.1, 0.15) is 22.4 Å². The van der Waals surface area contributed by atoms with E-state index in [1.807, 2.05) is 13.8 Å². The predicted molar refractivity (Wildman–Crippen MR) is 55.5 cm³/mol. The summed E-state index contributed by atoms with van der Waals surface area (Å²) < 4.78 is 0. The lowest BCUT2D eigenvalue weighted by atomic mass is 10.4. The summed E-state index contributed by atoms with van der Waals surface area (Å²) in [5, 5.41) is 11.4. The first-order chi connectivity index (χ1) is 6.69. The summed E-state index contributed by atoms with van der Waals surface area (Å²) >= 11 is 1.46. The third kappa shape index (κ3) is 2.52. The van der Waals surface area contributed by atoms with E-state index in [9.17, 15) is 4.79 Å². The Kier molecular flexibility index (Phi) is 4.03. The third-order valence-corrected chi connectivity index (χ3v) is 2.65. The van der Waals surface area contributed by atoms with Crippen LogP contribution in [0, 0.1) is 6.92 Å². The van der Waals surface area contributed by atoms with E-state index >= 15 is 0 Å². The summed E-state index contributed by atoms with van der Waals surface area (Å²) in [6.07, 6.45) is 0. The number of nitrogens with zero attached hydrogens (tertiary/aromatic N) is 2. The van der Waals surface area contributed by atoms with E-state index in [2.05, 4.69) is 4.98 Å². The summed E-state index contributed by atoms with van der Waals surface area (Å²) in [5.41, 5.74) is 0.475. The molecule has 4 nitrogen and oxygen atoms in total. The third-order valence-electron chi connectivity index (χ3n) is 1.88. The number of amides is 1. The predicted octanol–water partition coefficient (Wildman–Crippen LogP) is 0.906. The van der Waals surface area contributed by atoms with Crippen molar-refractivity contribution >= 4 is 17.2 Å². The van der Waals surface area contributed by atoms with Crippen molar-refractivity contribution in [2.24, 2.45) is 0 Å². The fourth-order valence-electron chi connectivity index (χ4n) is 1.15. The van der Waals surface area contributed by atoms with Gasteiger partial charge in [0.15, 0.2) is 0 Å². The van der Waals surface area contributed by atoms with Gasteiger partial charge in [0.05, 0.1) is 11.6 Å². The highest BCUT2D eigenvalue weighted by Gasteiger charge is 2.15. The second kappa shape index (κ2) is 5.07. The number of rotatable bonds is 4. The molecule has 0 saturated heterocycles. The van der Waals surface area contributed by atoms with Gasteiger partial charge >= 0.3 is 0 Å². The molecule has 1 heterocycles. The van der Waals surface area contributed by atoms with Crippen molar-refractivity contribution < 1.29 is 9.90 Å². The molecule has 0 saturated carbocycles. The number of aromatic nitrogens is 1. The van der Waals surface area contributed by atoms with E-state index in [4.69, 9.17) is 5.11 Å². The van der Waals surface area contributed by atoms with Gasteiger partial charge in [-0.05, 0) is 13.8 Å². The summed E-state index contributed by atoms with van der Waals surface area (Å²) in [6.45, 7) is 4.70. The number of carbonyl (C=O) groups excluding carboxylic acids is 1. The molecule has 0 bridgehead atoms. The van der Waals surface area contributed by atoms with Crippen LogP contribution >= 0.6 is 11.3 Å². The van der Waals surface area contributed by atoms with Crippen LogP contribution in [0.5, 0.6) is 0 Å². The Morgan fingerprint density at radius 1 is 1.71 bits per heavy atom. The molecule has 1 amide bonds. The largest absolute Gasteiger partial charge is 0.395 e. The van der Waals surface area contributed by atoms with Gasteiger partial charge in [0.2, 0.25) is 0 Å². The van der Waals surface area contributed by atoms with Gasteiger partial charge in [0, 0.05) is 18.5 Å². The molecule has 1 rings (SSSR count). The Labute approximate surface area is 87.2 Å². The zero-order valence-corrected chi connectivity index (χ0v) is 9.17. The first kappa shape index (κ1) is 11.1. The van der Waals surface area contributed by atoms with Crippen LogP contribution in [-0.4, -0.2) is 40.6 Å². The number of aliphatic hydroxyl groups is 1. The fraction of sp³-hybridized carbons (Fsp3) is 0.556. The molecule has 14 heavy (non-hydrogen) atoms. The van der Waals surface area contributed by atoms with Crippen molar-refractivity contribution in [3.8, 4) is 0 Å². The van der Waals surface area contributed by atoms with E-state index in [-0.39, 0.29) is 12.5 Å². The van der Waals surface area contributed by atoms with Crippen LogP contribution < -0.4 is 0 Å². The maximum Gasteiger partial charge on any atom is 0.273 e. The summed E-state index contributed by atoms with van der Waals surface area (Å²) in [4.78, 5) is 17.4. The highest BCUT2D eigenvalue weighted by molar-refractivity contribution is 7.09. The van der Waals surface area contributed by atoms with Crippen molar-refractivity contribution in [3.05, 3.63) is 16.1 Å². The van der Waals surface area contributed by atoms with E-state index in [0.29, 0.717) is 18.8 Å². The van der Waals surface area contributed by atoms with E-state index in [0.717, 1.165) is 5.01 Å². The molecule has 0 fully saturated rings. The van der Waals surface area contributed by atoms with Crippen molar-refractivity contribution in [2.75, 3.05) is 19.7 Å². The van der Waals surface area contributed by atoms with E-state index < -0.39 is 0 Å². The Hall–Kier alpha value is -0.940. The van der Waals surface area contributed by atoms with Gasteiger partial charge in [-0.25, -0.2) is 4.98 Å². The minimum absolute atomic E-state index is 0.0112. The minimum atomic E-state index is -0.106. The Morgan fingerprint density at radius 2 is 2.43 bits per heavy atom. The molecule has 0 aliphatic carbocycles. The molecule has 78 valence electrons. The van der Waals surface area contributed by atoms with Crippen molar-refractivity contribution in [1.82, 2.24) is 9.88 Å². The van der Waals surface area contributed by atoms with Gasteiger partial charge in [-0.1, -0.05) is 0 Å². The molecular formula is C9H14N2O2S. The second-order valence-electron chi connectivity index (χ2n) is 2.86. The van der Waals surface area contributed by atoms with Crippen molar-refractivity contribution in [3.63, 3.8) is 0 Å². The van der Waals surface area contributed by atoms with Gasteiger partial charge in [-0.15, -0.1) is 11.3 Å². The molecule has 5 heteroatoms. The molecule has 0 atom stereocenters. The van der Waals surface area contributed by atoms with Gasteiger partial charge in [-0.2, -0.15) is 0 Å². The fourth-order valence-corrected chi connectivity index (χ4v) is 1.73. The molecule has 0 aliphatic rings. The first-order valence-corrected chi connectivity index (χ1v) is 5.39. The van der Waals surface area contributed by atoms with Crippen LogP contribution in [0.2, 0.25) is 0 Å². The SMILES string of the molecule is CCN(CCO)C(=O)c1csc(C)n1. The van der Waals surface area contributed by atoms with Gasteiger partial charge in [0.25, 0.3) is 5.91 Å². The highest BCUT2D eigenvalue weighted by atomic mass is 32.1. The quantitative estimate of drug-likeness (QED) is 0.810. The lowest BCUT2D eigenvalue weighted by Crippen LogP contribution is -2.33. The Bertz CT molecular complexity index is 312. The molecule has 1 aromatic heterocycles. The summed E-state index contributed by atoms with van der Waals surface area (Å²) in [7, 11) is 0. The molecule has 1 aromatic rings. The average molecular weight is 214 g/mol. The first-order valence-electron chi connectivity index (χ1n) is 4.51. The Balaban J connectivity index is 2.72. The number of hydrogen-bond acceptors (Lipinski definition) is 4. The molecule has 0 aromatic carbocycles. The van der Waals surface area contributed by atoms with Crippen LogP contribution in [-0.2, 0) is 0 Å². The van der Waals surface area contributed by atoms with E-state index in [1.165, 1.54) is 11.3 Å². The molecular weight excluding hydrogens is 200 g/mol. The molecule has 0 unspecified atom stereocenters. The molecule has 0 radical (unpaired) electrons. The minimum Gasteiger partial charge on any atom is -0.395 e. The monoisotopic (exact) mass is 214 g/mol. The normalized spacial score (nSPS) is 10.2. The van der Waals surface area contributed by atoms with Crippen molar-refractivity contribution in [1.29, 1.82) is 0 Å². The standard InChI is InChI=1S/C9H14N2O2S/c1-3-11(4-5-12)9(13)8-6-14-7(2)10-8/h6,12H,3-5H2,1-2H3. The number of aliphatic hydroxyl groups excluding tert-OH is 1. The highest BCUT2D eigenvalue weighted by Crippen LogP contribution is 2.10. The molecule has 0 spiro atoms.